The Balaban J connectivity index is 1.69. The molecule has 0 bridgehead atoms. The van der Waals surface area contributed by atoms with E-state index in [0.717, 1.165) is 16.5 Å². The highest BCUT2D eigenvalue weighted by atomic mass is 32.2. The van der Waals surface area contributed by atoms with Crippen LogP contribution in [0.15, 0.2) is 33.7 Å². The van der Waals surface area contributed by atoms with E-state index >= 15 is 0 Å². The van der Waals surface area contributed by atoms with E-state index < -0.39 is 0 Å². The Labute approximate surface area is 116 Å². The van der Waals surface area contributed by atoms with Crippen molar-refractivity contribution < 1.29 is 0 Å². The molecule has 0 radical (unpaired) electrons. The predicted octanol–water partition coefficient (Wildman–Crippen LogP) is 2.47. The monoisotopic (exact) mass is 295 g/mol. The number of thiazole rings is 1. The van der Waals surface area contributed by atoms with Gasteiger partial charge in [0.05, 0.1) is 5.69 Å². The highest BCUT2D eigenvalue weighted by Gasteiger charge is 2.07. The Morgan fingerprint density at radius 1 is 1.39 bits per heavy atom. The molecule has 3 heterocycles. The summed E-state index contributed by atoms with van der Waals surface area (Å²) in [5.74, 6) is 6.39. The van der Waals surface area contributed by atoms with Crippen molar-refractivity contribution in [2.45, 2.75) is 10.9 Å². The van der Waals surface area contributed by atoms with Gasteiger partial charge in [-0.3, -0.25) is 0 Å². The van der Waals surface area contributed by atoms with Crippen molar-refractivity contribution in [2.24, 2.45) is 0 Å². The van der Waals surface area contributed by atoms with Crippen LogP contribution in [0, 0.1) is 0 Å². The van der Waals surface area contributed by atoms with Gasteiger partial charge in [-0.25, -0.2) is 9.66 Å². The maximum absolute atomic E-state index is 5.64. The Morgan fingerprint density at radius 3 is 3.06 bits per heavy atom. The van der Waals surface area contributed by atoms with Crippen molar-refractivity contribution >= 4 is 34.4 Å². The number of nitrogens with zero attached hydrogens (tertiary/aromatic N) is 4. The molecule has 0 aliphatic rings. The molecular weight excluding hydrogens is 286 g/mol. The third-order valence-corrected chi connectivity index (χ3v) is 4.82. The van der Waals surface area contributed by atoms with Crippen LogP contribution in [-0.2, 0) is 5.75 Å². The lowest BCUT2D eigenvalue weighted by atomic mass is 10.4. The second-order valence-electron chi connectivity index (χ2n) is 3.47. The molecule has 0 aromatic carbocycles. The van der Waals surface area contributed by atoms with Crippen molar-refractivity contribution in [2.75, 3.05) is 5.84 Å². The standard InChI is InChI=1S/C10H9N5S3/c11-15-6-12-14-10(15)18-5-8-4-17-9(13-8)7-1-2-16-3-7/h1-4,6H,5,11H2. The maximum atomic E-state index is 5.64. The highest BCUT2D eigenvalue weighted by molar-refractivity contribution is 7.98. The minimum Gasteiger partial charge on any atom is -0.336 e. The molecule has 3 aromatic rings. The number of rotatable bonds is 4. The summed E-state index contributed by atoms with van der Waals surface area (Å²) in [4.78, 5) is 4.59. The van der Waals surface area contributed by atoms with E-state index in [9.17, 15) is 0 Å². The van der Waals surface area contributed by atoms with E-state index in [1.54, 1.807) is 22.7 Å². The first kappa shape index (κ1) is 11.7. The minimum atomic E-state index is 0.695. The van der Waals surface area contributed by atoms with Gasteiger partial charge in [-0.2, -0.15) is 11.3 Å². The van der Waals surface area contributed by atoms with Gasteiger partial charge in [-0.05, 0) is 11.4 Å². The van der Waals surface area contributed by atoms with Gasteiger partial charge in [-0.1, -0.05) is 11.8 Å². The van der Waals surface area contributed by atoms with Crippen molar-refractivity contribution in [1.29, 1.82) is 0 Å². The van der Waals surface area contributed by atoms with Crippen LogP contribution in [0.2, 0.25) is 0 Å². The van der Waals surface area contributed by atoms with Crippen LogP contribution in [0.1, 0.15) is 5.69 Å². The zero-order valence-electron chi connectivity index (χ0n) is 9.18. The molecule has 0 saturated carbocycles. The molecule has 92 valence electrons. The number of hydrogen-bond donors (Lipinski definition) is 1. The fourth-order valence-electron chi connectivity index (χ4n) is 1.37. The average molecular weight is 295 g/mol. The number of nitrogen functional groups attached to an aromatic ring is 1. The van der Waals surface area contributed by atoms with Crippen molar-refractivity contribution in [1.82, 2.24) is 19.9 Å². The van der Waals surface area contributed by atoms with Crippen LogP contribution in [-0.4, -0.2) is 19.9 Å². The predicted molar refractivity (Wildman–Crippen MR) is 75.2 cm³/mol. The molecule has 5 nitrogen and oxygen atoms in total. The van der Waals surface area contributed by atoms with Gasteiger partial charge in [0.15, 0.2) is 0 Å². The van der Waals surface area contributed by atoms with E-state index in [1.165, 1.54) is 28.3 Å². The first-order valence-electron chi connectivity index (χ1n) is 5.08. The molecule has 0 fully saturated rings. The van der Waals surface area contributed by atoms with Crippen LogP contribution in [0.3, 0.4) is 0 Å². The van der Waals surface area contributed by atoms with Crippen molar-refractivity contribution in [3.05, 3.63) is 34.2 Å². The summed E-state index contributed by atoms with van der Waals surface area (Å²) < 4.78 is 1.41. The van der Waals surface area contributed by atoms with Gasteiger partial charge >= 0.3 is 0 Å². The quantitative estimate of drug-likeness (QED) is 0.591. The highest BCUT2D eigenvalue weighted by Crippen LogP contribution is 2.28. The lowest BCUT2D eigenvalue weighted by Gasteiger charge is -1.97. The molecule has 0 aliphatic heterocycles. The second-order valence-corrected chi connectivity index (χ2v) is 6.05. The van der Waals surface area contributed by atoms with Crippen LogP contribution >= 0.6 is 34.4 Å². The van der Waals surface area contributed by atoms with Gasteiger partial charge in [0.25, 0.3) is 0 Å². The molecule has 0 saturated heterocycles. The number of thioether (sulfide) groups is 1. The maximum Gasteiger partial charge on any atom is 0.209 e. The molecule has 8 heteroatoms. The van der Waals surface area contributed by atoms with Gasteiger partial charge in [0.1, 0.15) is 11.3 Å². The summed E-state index contributed by atoms with van der Waals surface area (Å²) in [5, 5.41) is 15.6. The summed E-state index contributed by atoms with van der Waals surface area (Å²) in [6.07, 6.45) is 1.49. The van der Waals surface area contributed by atoms with E-state index in [4.69, 9.17) is 5.84 Å². The second kappa shape index (κ2) is 5.09. The molecular formula is C10H9N5S3. The van der Waals surface area contributed by atoms with Gasteiger partial charge in [-0.15, -0.1) is 21.5 Å². The zero-order valence-corrected chi connectivity index (χ0v) is 11.6. The lowest BCUT2D eigenvalue weighted by Crippen LogP contribution is -2.07. The number of aromatic nitrogens is 4. The molecule has 2 N–H and O–H groups in total. The SMILES string of the molecule is Nn1cnnc1SCc1csc(-c2ccsc2)n1. The Bertz CT molecular complexity index is 628. The van der Waals surface area contributed by atoms with Crippen LogP contribution in [0.4, 0.5) is 0 Å². The largest absolute Gasteiger partial charge is 0.336 e. The molecule has 3 aromatic heterocycles. The van der Waals surface area contributed by atoms with Crippen LogP contribution < -0.4 is 5.84 Å². The average Bonchev–Trinajstić information content (AvgIpc) is 3.08. The summed E-state index contributed by atoms with van der Waals surface area (Å²) in [7, 11) is 0. The van der Waals surface area contributed by atoms with E-state index in [1.807, 2.05) is 0 Å². The van der Waals surface area contributed by atoms with Crippen molar-refractivity contribution in [3.8, 4) is 10.6 Å². The molecule has 0 atom stereocenters. The summed E-state index contributed by atoms with van der Waals surface area (Å²) in [6, 6.07) is 2.08. The Kier molecular flexibility index (Phi) is 3.31. The first-order valence-corrected chi connectivity index (χ1v) is 7.88. The fraction of sp³-hybridized carbons (Fsp3) is 0.100. The summed E-state index contributed by atoms with van der Waals surface area (Å²) in [5.41, 5.74) is 2.22. The molecule has 0 aliphatic carbocycles. The topological polar surface area (TPSA) is 69.6 Å². The summed E-state index contributed by atoms with van der Waals surface area (Å²) in [6.45, 7) is 0. The van der Waals surface area contributed by atoms with Gasteiger partial charge < -0.3 is 5.84 Å². The van der Waals surface area contributed by atoms with E-state index in [-0.39, 0.29) is 0 Å². The molecule has 3 rings (SSSR count). The third kappa shape index (κ3) is 2.40. The molecule has 0 spiro atoms. The van der Waals surface area contributed by atoms with Crippen molar-refractivity contribution in [3.63, 3.8) is 0 Å². The number of hydrogen-bond acceptors (Lipinski definition) is 7. The van der Waals surface area contributed by atoms with E-state index in [2.05, 4.69) is 37.4 Å². The Morgan fingerprint density at radius 2 is 2.33 bits per heavy atom. The molecule has 0 amide bonds. The van der Waals surface area contributed by atoms with Gasteiger partial charge in [0.2, 0.25) is 5.16 Å². The number of thiophene rings is 1. The fourth-order valence-corrected chi connectivity index (χ4v) is 3.73. The molecule has 18 heavy (non-hydrogen) atoms. The smallest absolute Gasteiger partial charge is 0.209 e. The number of nitrogens with two attached hydrogens (primary N) is 1. The molecule has 0 unspecified atom stereocenters. The van der Waals surface area contributed by atoms with Crippen LogP contribution in [0.25, 0.3) is 10.6 Å². The minimum absolute atomic E-state index is 0.695. The van der Waals surface area contributed by atoms with Gasteiger partial charge in [0, 0.05) is 22.1 Å². The summed E-state index contributed by atoms with van der Waals surface area (Å²) >= 11 is 4.87. The Hall–Kier alpha value is -1.38. The lowest BCUT2D eigenvalue weighted by molar-refractivity contribution is 0.845. The normalized spacial score (nSPS) is 10.9. The third-order valence-electron chi connectivity index (χ3n) is 2.21. The van der Waals surface area contributed by atoms with Crippen LogP contribution in [0.5, 0.6) is 0 Å². The first-order chi connectivity index (χ1) is 8.83. The van der Waals surface area contributed by atoms with E-state index in [0.29, 0.717) is 5.16 Å². The zero-order chi connectivity index (χ0) is 12.4.